The standard InChI is InChI=1S/C27H28N5O3S.Mo/c28-23-8-2-4-10-27(23)36(34,35)32-13-5-6-19(18-32)16-30-21-14-20-17-29-12-11-24(20)31-25(15-21)22-7-1-3-9-26(22)33;/h1-4,7-10,12,14-15,19,30,33H,5-6,13,16-18,28H2;/q-1;. The Hall–Kier alpha value is -3.00. The van der Waals surface area contributed by atoms with E-state index < -0.39 is 10.0 Å². The molecule has 0 bridgehead atoms. The predicted molar refractivity (Wildman–Crippen MR) is 141 cm³/mol. The Kier molecular flexibility index (Phi) is 8.47. The zero-order valence-corrected chi connectivity index (χ0v) is 23.0. The van der Waals surface area contributed by atoms with Crippen molar-refractivity contribution >= 4 is 27.6 Å². The van der Waals surface area contributed by atoms with Crippen molar-refractivity contribution in [1.82, 2.24) is 9.62 Å². The second-order valence-corrected chi connectivity index (χ2v) is 10.9. The van der Waals surface area contributed by atoms with Crippen molar-refractivity contribution in [2.75, 3.05) is 31.9 Å². The topological polar surface area (TPSA) is 120 Å². The molecular weight excluding hydrogens is 570 g/mol. The number of phenols is 1. The minimum absolute atomic E-state index is 0. The third-order valence-electron chi connectivity index (χ3n) is 6.51. The first-order valence-electron chi connectivity index (χ1n) is 11.9. The van der Waals surface area contributed by atoms with Gasteiger partial charge in [0.1, 0.15) is 10.6 Å². The molecule has 1 unspecified atom stereocenters. The van der Waals surface area contributed by atoms with Crippen molar-refractivity contribution in [2.45, 2.75) is 17.7 Å². The molecular formula is C27H28MoN5O3S-. The van der Waals surface area contributed by atoms with E-state index in [1.807, 2.05) is 24.3 Å². The molecule has 1 saturated heterocycles. The molecule has 3 aliphatic heterocycles. The van der Waals surface area contributed by atoms with Crippen molar-refractivity contribution in [2.24, 2.45) is 15.9 Å². The van der Waals surface area contributed by atoms with Gasteiger partial charge in [0.25, 0.3) is 0 Å². The monoisotopic (exact) mass is 600 g/mol. The Morgan fingerprint density at radius 3 is 2.73 bits per heavy atom. The van der Waals surface area contributed by atoms with Crippen LogP contribution in [-0.4, -0.2) is 55.9 Å². The first-order valence-corrected chi connectivity index (χ1v) is 13.4. The van der Waals surface area contributed by atoms with Crippen molar-refractivity contribution in [1.29, 1.82) is 0 Å². The average Bonchev–Trinajstić information content (AvgIpc) is 3.07. The zero-order valence-electron chi connectivity index (χ0n) is 20.2. The van der Waals surface area contributed by atoms with Gasteiger partial charge in [-0.1, -0.05) is 36.2 Å². The van der Waals surface area contributed by atoms with Crippen LogP contribution >= 0.6 is 0 Å². The van der Waals surface area contributed by atoms with Crippen LogP contribution in [0.3, 0.4) is 0 Å². The van der Waals surface area contributed by atoms with Crippen LogP contribution in [0.4, 0.5) is 5.69 Å². The van der Waals surface area contributed by atoms with E-state index in [0.29, 0.717) is 43.2 Å². The van der Waals surface area contributed by atoms with Crippen molar-refractivity contribution in [3.63, 3.8) is 0 Å². The number of sulfonamides is 1. The number of para-hydroxylation sites is 2. The summed E-state index contributed by atoms with van der Waals surface area (Å²) in [7, 11) is -3.66. The molecule has 3 aliphatic rings. The fourth-order valence-electron chi connectivity index (χ4n) is 4.62. The molecule has 1 fully saturated rings. The molecule has 8 nitrogen and oxygen atoms in total. The molecule has 0 aromatic heterocycles. The van der Waals surface area contributed by atoms with Crippen LogP contribution in [0.1, 0.15) is 18.4 Å². The van der Waals surface area contributed by atoms with Gasteiger partial charge >= 0.3 is 0 Å². The number of nitrogens with two attached hydrogens (primary N) is 1. The quantitative estimate of drug-likeness (QED) is 0.268. The number of hydrogen-bond donors (Lipinski definition) is 3. The van der Waals surface area contributed by atoms with Gasteiger partial charge in [0.15, 0.2) is 0 Å². The zero-order chi connectivity index (χ0) is 25.1. The average molecular weight is 599 g/mol. The molecule has 10 heteroatoms. The second kappa shape index (κ2) is 11.6. The number of aliphatic imine (C=N–C) groups is 2. The summed E-state index contributed by atoms with van der Waals surface area (Å²) in [4.78, 5) is 9.20. The van der Waals surface area contributed by atoms with Gasteiger partial charge < -0.3 is 21.1 Å². The number of piperidine rings is 1. The van der Waals surface area contributed by atoms with Crippen LogP contribution in [0.5, 0.6) is 5.75 Å². The van der Waals surface area contributed by atoms with E-state index in [4.69, 9.17) is 10.7 Å². The van der Waals surface area contributed by atoms with Crippen LogP contribution in [0, 0.1) is 12.0 Å². The molecule has 0 aliphatic carbocycles. The van der Waals surface area contributed by atoms with E-state index >= 15 is 0 Å². The fourth-order valence-corrected chi connectivity index (χ4v) is 6.30. The summed E-state index contributed by atoms with van der Waals surface area (Å²) in [5.74, 6) is 0.270. The number of aromatic hydroxyl groups is 1. The van der Waals surface area contributed by atoms with Crippen LogP contribution in [-0.2, 0) is 31.1 Å². The first kappa shape index (κ1) is 27.0. The van der Waals surface area contributed by atoms with Gasteiger partial charge in [-0.2, -0.15) is 4.31 Å². The maximum atomic E-state index is 13.2. The van der Waals surface area contributed by atoms with Gasteiger partial charge in [-0.05, 0) is 55.6 Å². The molecule has 0 saturated carbocycles. The summed E-state index contributed by atoms with van der Waals surface area (Å²) in [6, 6.07) is 13.7. The van der Waals surface area contributed by atoms with Crippen molar-refractivity contribution in [3.05, 3.63) is 89.3 Å². The van der Waals surface area contributed by atoms with E-state index in [9.17, 15) is 13.5 Å². The van der Waals surface area contributed by atoms with Gasteiger partial charge in [0.2, 0.25) is 10.0 Å². The molecule has 5 rings (SSSR count). The molecule has 0 spiro atoms. The van der Waals surface area contributed by atoms with Gasteiger partial charge in [-0.25, -0.2) is 14.5 Å². The molecule has 4 N–H and O–H groups in total. The van der Waals surface area contributed by atoms with E-state index in [2.05, 4.69) is 16.4 Å². The largest absolute Gasteiger partial charge is 0.507 e. The maximum absolute atomic E-state index is 13.2. The Morgan fingerprint density at radius 1 is 1.14 bits per heavy atom. The van der Waals surface area contributed by atoms with Crippen LogP contribution in [0.2, 0.25) is 0 Å². The number of phenolic OH excluding ortho intramolecular Hbond substituents is 1. The Bertz CT molecular complexity index is 1430. The SMILES string of the molecule is Nc1ccccc1S(=O)(=O)N1CCCC(CNC2=CC(c3ccccc3O)=NC3=[C-]C=NCC3=C2)C1.[Mo]. The minimum atomic E-state index is -3.66. The molecule has 1 atom stereocenters. The number of allylic oxidation sites excluding steroid dienone is 3. The summed E-state index contributed by atoms with van der Waals surface area (Å²) < 4.78 is 28.0. The third kappa shape index (κ3) is 5.95. The number of benzene rings is 2. The number of nitrogens with one attached hydrogen (secondary N) is 1. The van der Waals surface area contributed by atoms with Gasteiger partial charge in [-0.3, -0.25) is 4.99 Å². The predicted octanol–water partition coefficient (Wildman–Crippen LogP) is 3.05. The van der Waals surface area contributed by atoms with Gasteiger partial charge in [0.05, 0.1) is 11.4 Å². The smallest absolute Gasteiger partial charge is 0.245 e. The summed E-state index contributed by atoms with van der Waals surface area (Å²) in [5, 5.41) is 13.9. The summed E-state index contributed by atoms with van der Waals surface area (Å²) in [5.41, 5.74) is 9.91. The van der Waals surface area contributed by atoms with E-state index in [1.165, 1.54) is 4.31 Å². The minimum Gasteiger partial charge on any atom is -0.507 e. The maximum Gasteiger partial charge on any atom is 0.245 e. The Labute approximate surface area is 231 Å². The molecule has 192 valence electrons. The fraction of sp³-hybridized carbons (Fsp3) is 0.259. The number of hydrogen-bond acceptors (Lipinski definition) is 7. The van der Waals surface area contributed by atoms with Gasteiger partial charge in [-0.15, -0.1) is 11.6 Å². The molecule has 0 radical (unpaired) electrons. The Balaban J connectivity index is 0.00000320. The van der Waals surface area contributed by atoms with E-state index in [0.717, 1.165) is 24.1 Å². The number of rotatable bonds is 6. The van der Waals surface area contributed by atoms with E-state index in [-0.39, 0.29) is 43.3 Å². The molecule has 0 amide bonds. The second-order valence-electron chi connectivity index (χ2n) is 9.04. The normalized spacial score (nSPS) is 19.8. The molecule has 37 heavy (non-hydrogen) atoms. The molecule has 2 aromatic rings. The number of anilines is 1. The van der Waals surface area contributed by atoms with Crippen molar-refractivity contribution in [3.8, 4) is 5.75 Å². The number of nitrogen functional groups attached to an aromatic ring is 1. The number of dihydropyridines is 1. The van der Waals surface area contributed by atoms with Crippen LogP contribution in [0.15, 0.2) is 92.5 Å². The first-order chi connectivity index (χ1) is 17.4. The summed E-state index contributed by atoms with van der Waals surface area (Å²) >= 11 is 0. The van der Waals surface area contributed by atoms with E-state index in [1.54, 1.807) is 42.6 Å². The Morgan fingerprint density at radius 2 is 1.92 bits per heavy atom. The summed E-state index contributed by atoms with van der Waals surface area (Å²) in [6.07, 6.45) is 10.3. The molecule has 2 aromatic carbocycles. The van der Waals surface area contributed by atoms with Crippen molar-refractivity contribution < 1.29 is 34.6 Å². The third-order valence-corrected chi connectivity index (χ3v) is 8.45. The van der Waals surface area contributed by atoms with Crippen LogP contribution in [0.25, 0.3) is 0 Å². The van der Waals surface area contributed by atoms with Crippen LogP contribution < -0.4 is 11.1 Å². The summed E-state index contributed by atoms with van der Waals surface area (Å²) in [6.45, 7) is 1.97. The van der Waals surface area contributed by atoms with Gasteiger partial charge in [0, 0.05) is 52.0 Å². The molecule has 3 heterocycles. The number of nitrogens with zero attached hydrogens (tertiary/aromatic N) is 3. The number of fused-ring (bicyclic) bond motifs is 1.